The van der Waals surface area contributed by atoms with Gasteiger partial charge >= 0.3 is 5.97 Å². The maximum Gasteiger partial charge on any atom is 0.329 e. The van der Waals surface area contributed by atoms with Gasteiger partial charge in [0, 0.05) is 19.3 Å². The minimum atomic E-state index is -1.34. The van der Waals surface area contributed by atoms with Crippen molar-refractivity contribution in [2.75, 3.05) is 13.2 Å². The molecule has 3 aliphatic heterocycles. The normalized spacial score (nSPS) is 22.1. The number of imide groups is 1. The maximum absolute atomic E-state index is 14.3. The standard InChI is InChI=1S/C37H39N3O9/c1-37(2,3)49-36(45)29-19-22-9-6-11-24(17-22)48-25-12-7-10-23(18-25)20-30(40-34(43)26-13-4-5-14-27(26)35(40)44)33(42)38-28(32(41)39-29)21-31-46-15-8-16-47-31/h4-7,9-14,17-18,28-31H,8,15-16,19-21H2,1-3H3,(H,38,42)(H,39,41)/t28-,29-,30-/m0/s1. The summed E-state index contributed by atoms with van der Waals surface area (Å²) in [5, 5.41) is 5.56. The summed E-state index contributed by atoms with van der Waals surface area (Å²) in [7, 11) is 0. The summed E-state index contributed by atoms with van der Waals surface area (Å²) in [6.45, 7) is 5.99. The zero-order valence-corrected chi connectivity index (χ0v) is 27.6. The summed E-state index contributed by atoms with van der Waals surface area (Å²) in [6.07, 6.45) is -0.248. The minimum absolute atomic E-state index is 0.0622. The van der Waals surface area contributed by atoms with Crippen LogP contribution in [-0.2, 0) is 41.4 Å². The molecular weight excluding hydrogens is 630 g/mol. The van der Waals surface area contributed by atoms with Crippen molar-refractivity contribution in [1.82, 2.24) is 15.5 Å². The van der Waals surface area contributed by atoms with Crippen LogP contribution in [0.3, 0.4) is 0 Å². The van der Waals surface area contributed by atoms with Gasteiger partial charge in [0.15, 0.2) is 6.29 Å². The van der Waals surface area contributed by atoms with E-state index in [2.05, 4.69) is 10.6 Å². The third-order valence-electron chi connectivity index (χ3n) is 8.31. The third kappa shape index (κ3) is 7.98. The molecule has 49 heavy (non-hydrogen) atoms. The van der Waals surface area contributed by atoms with Crippen LogP contribution in [0.1, 0.15) is 65.5 Å². The van der Waals surface area contributed by atoms with Gasteiger partial charge in [-0.1, -0.05) is 36.4 Å². The van der Waals surface area contributed by atoms with Crippen LogP contribution in [0, 0.1) is 0 Å². The Morgan fingerprint density at radius 2 is 1.39 bits per heavy atom. The molecule has 0 unspecified atom stereocenters. The average molecular weight is 670 g/mol. The van der Waals surface area contributed by atoms with Crippen molar-refractivity contribution >= 4 is 29.6 Å². The smallest absolute Gasteiger partial charge is 0.329 e. The van der Waals surface area contributed by atoms with E-state index in [4.69, 9.17) is 18.9 Å². The molecule has 12 nitrogen and oxygen atoms in total. The average Bonchev–Trinajstić information content (AvgIpc) is 3.31. The molecule has 3 aliphatic rings. The largest absolute Gasteiger partial charge is 0.458 e. The number of amides is 4. The molecule has 0 spiro atoms. The maximum atomic E-state index is 14.3. The second-order valence-electron chi connectivity index (χ2n) is 13.3. The van der Waals surface area contributed by atoms with Crippen molar-refractivity contribution < 1.29 is 42.9 Å². The number of esters is 1. The number of nitrogens with zero attached hydrogens (tertiary/aromatic N) is 1. The first-order valence-electron chi connectivity index (χ1n) is 16.3. The van der Waals surface area contributed by atoms with E-state index in [1.807, 2.05) is 6.07 Å². The number of hydrogen-bond acceptors (Lipinski definition) is 9. The Morgan fingerprint density at radius 1 is 0.796 bits per heavy atom. The molecule has 3 aromatic rings. The highest BCUT2D eigenvalue weighted by molar-refractivity contribution is 6.23. The fourth-order valence-corrected chi connectivity index (χ4v) is 6.06. The van der Waals surface area contributed by atoms with Crippen LogP contribution in [0.15, 0.2) is 72.8 Å². The highest BCUT2D eigenvalue weighted by Gasteiger charge is 2.44. The zero-order chi connectivity index (χ0) is 34.7. The van der Waals surface area contributed by atoms with E-state index in [9.17, 15) is 24.0 Å². The van der Waals surface area contributed by atoms with Crippen LogP contribution < -0.4 is 15.4 Å². The van der Waals surface area contributed by atoms with Crippen LogP contribution in [0.25, 0.3) is 0 Å². The van der Waals surface area contributed by atoms with Crippen molar-refractivity contribution in [3.05, 3.63) is 95.1 Å². The van der Waals surface area contributed by atoms with E-state index in [1.54, 1.807) is 75.4 Å². The topological polar surface area (TPSA) is 150 Å². The van der Waals surface area contributed by atoms with E-state index in [0.717, 1.165) is 4.90 Å². The van der Waals surface area contributed by atoms with Gasteiger partial charge in [0.25, 0.3) is 11.8 Å². The van der Waals surface area contributed by atoms with Gasteiger partial charge in [0.2, 0.25) is 11.8 Å². The quantitative estimate of drug-likeness (QED) is 0.313. The number of ether oxygens (including phenoxy) is 4. The molecule has 3 heterocycles. The lowest BCUT2D eigenvalue weighted by Crippen LogP contribution is -2.58. The van der Waals surface area contributed by atoms with Crippen LogP contribution in [0.4, 0.5) is 0 Å². The molecule has 0 radical (unpaired) electrons. The monoisotopic (exact) mass is 669 g/mol. The van der Waals surface area contributed by atoms with E-state index < -0.39 is 59.6 Å². The molecular formula is C37H39N3O9. The summed E-state index contributed by atoms with van der Waals surface area (Å²) in [4.78, 5) is 70.2. The predicted molar refractivity (Wildman–Crippen MR) is 176 cm³/mol. The summed E-state index contributed by atoms with van der Waals surface area (Å²) in [6, 6.07) is 16.7. The molecule has 0 saturated carbocycles. The number of rotatable bonds is 4. The summed E-state index contributed by atoms with van der Waals surface area (Å²) in [5.41, 5.74) is 0.833. The first-order chi connectivity index (χ1) is 23.4. The summed E-state index contributed by atoms with van der Waals surface area (Å²) >= 11 is 0. The lowest BCUT2D eigenvalue weighted by molar-refractivity contribution is -0.185. The van der Waals surface area contributed by atoms with Gasteiger partial charge in [-0.2, -0.15) is 0 Å². The van der Waals surface area contributed by atoms with Crippen molar-refractivity contribution in [2.24, 2.45) is 0 Å². The van der Waals surface area contributed by atoms with Crippen molar-refractivity contribution in [3.63, 3.8) is 0 Å². The molecule has 2 N–H and O–H groups in total. The molecule has 1 fully saturated rings. The molecule has 3 aromatic carbocycles. The Kier molecular flexibility index (Phi) is 9.79. The fraction of sp³-hybridized carbons (Fsp3) is 0.378. The van der Waals surface area contributed by atoms with Crippen LogP contribution >= 0.6 is 0 Å². The number of fused-ring (bicyclic) bond motifs is 5. The van der Waals surface area contributed by atoms with Gasteiger partial charge in [0.1, 0.15) is 35.2 Å². The second kappa shape index (κ2) is 14.2. The number of hydrogen-bond donors (Lipinski definition) is 2. The first kappa shape index (κ1) is 33.8. The van der Waals surface area contributed by atoms with Gasteiger partial charge in [-0.3, -0.25) is 24.1 Å². The molecule has 0 aromatic heterocycles. The Labute approximate surface area is 284 Å². The van der Waals surface area contributed by atoms with E-state index in [-0.39, 0.29) is 30.4 Å². The number of benzene rings is 3. The van der Waals surface area contributed by atoms with E-state index in [0.29, 0.717) is 42.3 Å². The highest BCUT2D eigenvalue weighted by atomic mass is 16.7. The number of carbonyl (C=O) groups is 5. The Hall–Kier alpha value is -5.07. The molecule has 1 saturated heterocycles. The summed E-state index contributed by atoms with van der Waals surface area (Å²) in [5.74, 6) is -2.40. The zero-order valence-electron chi connectivity index (χ0n) is 27.6. The Balaban J connectivity index is 1.41. The fourth-order valence-electron chi connectivity index (χ4n) is 6.06. The SMILES string of the molecule is CC(C)(C)OC(=O)[C@@H]1Cc2cccc(c2)Oc2cccc(c2)C[C@H](N2C(=O)c3ccccc3C2=O)C(=O)N[C@@H](CC2OCCCO2)C(=O)N1. The molecule has 0 aliphatic carbocycles. The lowest BCUT2D eigenvalue weighted by atomic mass is 10.0. The number of nitrogens with one attached hydrogen (secondary N) is 2. The summed E-state index contributed by atoms with van der Waals surface area (Å²) < 4.78 is 23.3. The first-order valence-corrected chi connectivity index (χ1v) is 16.3. The van der Waals surface area contributed by atoms with Crippen molar-refractivity contribution in [1.29, 1.82) is 0 Å². The Morgan fingerprint density at radius 3 is 1.98 bits per heavy atom. The lowest BCUT2D eigenvalue weighted by Gasteiger charge is -2.31. The molecule has 4 amide bonds. The molecule has 6 rings (SSSR count). The van der Waals surface area contributed by atoms with E-state index in [1.165, 1.54) is 12.1 Å². The van der Waals surface area contributed by atoms with Crippen LogP contribution in [0.2, 0.25) is 0 Å². The number of carbonyl (C=O) groups excluding carboxylic acids is 5. The molecule has 12 heteroatoms. The van der Waals surface area contributed by atoms with Crippen molar-refractivity contribution in [3.8, 4) is 11.5 Å². The van der Waals surface area contributed by atoms with E-state index >= 15 is 0 Å². The van der Waals surface area contributed by atoms with Gasteiger partial charge in [-0.15, -0.1) is 0 Å². The van der Waals surface area contributed by atoms with Gasteiger partial charge in [0.05, 0.1) is 24.3 Å². The van der Waals surface area contributed by atoms with Gasteiger partial charge in [-0.25, -0.2) is 4.79 Å². The highest BCUT2D eigenvalue weighted by Crippen LogP contribution is 2.29. The minimum Gasteiger partial charge on any atom is -0.458 e. The second-order valence-corrected chi connectivity index (χ2v) is 13.3. The van der Waals surface area contributed by atoms with Crippen molar-refractivity contribution in [2.45, 2.75) is 76.5 Å². The third-order valence-corrected chi connectivity index (χ3v) is 8.31. The molecule has 4 bridgehead atoms. The molecule has 3 atom stereocenters. The van der Waals surface area contributed by atoms with Crippen LogP contribution in [-0.4, -0.2) is 77.7 Å². The van der Waals surface area contributed by atoms with Gasteiger partial charge < -0.3 is 29.6 Å². The Bertz CT molecular complexity index is 1730. The van der Waals surface area contributed by atoms with Gasteiger partial charge in [-0.05, 0) is 74.7 Å². The predicted octanol–water partition coefficient (Wildman–Crippen LogP) is 3.71. The van der Waals surface area contributed by atoms with Crippen LogP contribution in [0.5, 0.6) is 11.5 Å². The molecule has 256 valence electrons.